The van der Waals surface area contributed by atoms with Gasteiger partial charge in [0.05, 0.1) is 6.61 Å². The van der Waals surface area contributed by atoms with Gasteiger partial charge in [-0.25, -0.2) is 4.98 Å². The highest BCUT2D eigenvalue weighted by Crippen LogP contribution is 2.23. The zero-order valence-electron chi connectivity index (χ0n) is 11.2. The van der Waals surface area contributed by atoms with Crippen molar-refractivity contribution < 1.29 is 9.84 Å². The van der Waals surface area contributed by atoms with E-state index in [0.717, 1.165) is 49.6 Å². The van der Waals surface area contributed by atoms with Crippen LogP contribution in [0.4, 0.5) is 5.82 Å². The molecule has 0 saturated carbocycles. The van der Waals surface area contributed by atoms with Crippen LogP contribution >= 0.6 is 0 Å². The van der Waals surface area contributed by atoms with Gasteiger partial charge in [0.15, 0.2) is 0 Å². The van der Waals surface area contributed by atoms with Crippen molar-refractivity contribution in [3.8, 4) is 0 Å². The van der Waals surface area contributed by atoms with E-state index >= 15 is 0 Å². The van der Waals surface area contributed by atoms with Crippen LogP contribution in [-0.4, -0.2) is 36.9 Å². The lowest BCUT2D eigenvalue weighted by molar-refractivity contribution is 0.139. The molecule has 18 heavy (non-hydrogen) atoms. The number of aliphatic hydroxyl groups is 1. The summed E-state index contributed by atoms with van der Waals surface area (Å²) in [6, 6.07) is 3.92. The first kappa shape index (κ1) is 13.3. The van der Waals surface area contributed by atoms with E-state index in [1.165, 1.54) is 0 Å². The molecule has 4 heteroatoms. The number of nitrogens with zero attached hydrogens (tertiary/aromatic N) is 2. The molecule has 1 aromatic rings. The van der Waals surface area contributed by atoms with Crippen molar-refractivity contribution in [1.82, 2.24) is 4.98 Å². The van der Waals surface area contributed by atoms with Crippen molar-refractivity contribution in [3.05, 3.63) is 23.4 Å². The van der Waals surface area contributed by atoms with E-state index < -0.39 is 0 Å². The molecule has 100 valence electrons. The first-order valence-electron chi connectivity index (χ1n) is 6.55. The van der Waals surface area contributed by atoms with Gasteiger partial charge >= 0.3 is 0 Å². The van der Waals surface area contributed by atoms with Crippen molar-refractivity contribution in [1.29, 1.82) is 0 Å². The Morgan fingerprint density at radius 2 is 2.11 bits per heavy atom. The van der Waals surface area contributed by atoms with Crippen molar-refractivity contribution >= 4 is 5.82 Å². The molecule has 1 aliphatic rings. The van der Waals surface area contributed by atoms with E-state index in [9.17, 15) is 5.11 Å². The molecule has 0 aliphatic carbocycles. The number of pyridine rings is 1. The predicted molar refractivity (Wildman–Crippen MR) is 71.7 cm³/mol. The van der Waals surface area contributed by atoms with Crippen LogP contribution < -0.4 is 4.90 Å². The maximum absolute atomic E-state index is 9.23. The molecule has 0 aromatic carbocycles. The highest BCUT2D eigenvalue weighted by molar-refractivity contribution is 5.42. The molecule has 2 rings (SSSR count). The van der Waals surface area contributed by atoms with Gasteiger partial charge in [0, 0.05) is 32.5 Å². The molecule has 2 heterocycles. The van der Waals surface area contributed by atoms with Gasteiger partial charge in [0.25, 0.3) is 0 Å². The van der Waals surface area contributed by atoms with Crippen molar-refractivity contribution in [2.75, 3.05) is 31.7 Å². The Bertz CT molecular complexity index is 387. The summed E-state index contributed by atoms with van der Waals surface area (Å²) in [6.45, 7) is 4.96. The first-order valence-corrected chi connectivity index (χ1v) is 6.55. The number of aromatic nitrogens is 1. The van der Waals surface area contributed by atoms with Gasteiger partial charge in [-0.05, 0) is 43.4 Å². The number of aryl methyl sites for hydroxylation is 1. The number of rotatable bonds is 4. The van der Waals surface area contributed by atoms with Crippen LogP contribution in [0.1, 0.15) is 24.1 Å². The zero-order valence-corrected chi connectivity index (χ0v) is 11.2. The lowest BCUT2D eigenvalue weighted by Gasteiger charge is -2.32. The number of hydrogen-bond donors (Lipinski definition) is 1. The van der Waals surface area contributed by atoms with Crippen LogP contribution in [0.25, 0.3) is 0 Å². The number of aliphatic hydroxyl groups excluding tert-OH is 1. The average molecular weight is 250 g/mol. The van der Waals surface area contributed by atoms with Gasteiger partial charge in [-0.15, -0.1) is 0 Å². The van der Waals surface area contributed by atoms with E-state index in [4.69, 9.17) is 4.74 Å². The lowest BCUT2D eigenvalue weighted by Crippen LogP contribution is -2.35. The number of piperidine rings is 1. The van der Waals surface area contributed by atoms with Crippen LogP contribution in [0.15, 0.2) is 12.1 Å². The Labute approximate surface area is 109 Å². The second-order valence-electron chi connectivity index (χ2n) is 5.02. The largest absolute Gasteiger partial charge is 0.392 e. The van der Waals surface area contributed by atoms with Crippen LogP contribution in [-0.2, 0) is 11.3 Å². The molecule has 4 nitrogen and oxygen atoms in total. The molecular weight excluding hydrogens is 228 g/mol. The molecule has 0 unspecified atom stereocenters. The summed E-state index contributed by atoms with van der Waals surface area (Å²) < 4.78 is 5.21. The Kier molecular flexibility index (Phi) is 4.55. The Balaban J connectivity index is 2.02. The van der Waals surface area contributed by atoms with Crippen molar-refractivity contribution in [2.24, 2.45) is 5.92 Å². The van der Waals surface area contributed by atoms with E-state index in [0.29, 0.717) is 5.92 Å². The SMILES string of the molecule is COCC1CCN(c2cc(CO)cc(C)n2)CC1. The minimum absolute atomic E-state index is 0.0799. The fourth-order valence-corrected chi connectivity index (χ4v) is 2.54. The molecule has 1 aliphatic heterocycles. The minimum atomic E-state index is 0.0799. The Hall–Kier alpha value is -1.13. The number of anilines is 1. The van der Waals surface area contributed by atoms with Gasteiger partial charge in [-0.3, -0.25) is 0 Å². The fraction of sp³-hybridized carbons (Fsp3) is 0.643. The third-order valence-corrected chi connectivity index (χ3v) is 3.52. The maximum atomic E-state index is 9.23. The molecule has 0 bridgehead atoms. The number of methoxy groups -OCH3 is 1. The summed E-state index contributed by atoms with van der Waals surface area (Å²) in [7, 11) is 1.77. The highest BCUT2D eigenvalue weighted by Gasteiger charge is 2.20. The minimum Gasteiger partial charge on any atom is -0.392 e. The fourth-order valence-electron chi connectivity index (χ4n) is 2.54. The van der Waals surface area contributed by atoms with E-state index in [1.807, 2.05) is 19.1 Å². The quantitative estimate of drug-likeness (QED) is 0.884. The second kappa shape index (κ2) is 6.16. The summed E-state index contributed by atoms with van der Waals surface area (Å²) >= 11 is 0. The first-order chi connectivity index (χ1) is 8.72. The van der Waals surface area contributed by atoms with Gasteiger partial charge in [-0.1, -0.05) is 0 Å². The number of hydrogen-bond acceptors (Lipinski definition) is 4. The molecule has 0 radical (unpaired) electrons. The maximum Gasteiger partial charge on any atom is 0.129 e. The van der Waals surface area contributed by atoms with E-state index in [1.54, 1.807) is 7.11 Å². The summed E-state index contributed by atoms with van der Waals surface area (Å²) in [5.74, 6) is 1.67. The molecule has 0 spiro atoms. The zero-order chi connectivity index (χ0) is 13.0. The Morgan fingerprint density at radius 3 is 2.72 bits per heavy atom. The van der Waals surface area contributed by atoms with Gasteiger partial charge < -0.3 is 14.7 Å². The molecule has 1 N–H and O–H groups in total. The van der Waals surface area contributed by atoms with Crippen LogP contribution in [0.3, 0.4) is 0 Å². The standard InChI is InChI=1S/C14H22N2O2/c1-11-7-13(9-17)8-14(15-11)16-5-3-12(4-6-16)10-18-2/h7-8,12,17H,3-6,9-10H2,1-2H3. The third-order valence-electron chi connectivity index (χ3n) is 3.52. The van der Waals surface area contributed by atoms with E-state index in [2.05, 4.69) is 9.88 Å². The second-order valence-corrected chi connectivity index (χ2v) is 5.02. The monoisotopic (exact) mass is 250 g/mol. The molecule has 0 atom stereocenters. The van der Waals surface area contributed by atoms with Crippen LogP contribution in [0.2, 0.25) is 0 Å². The van der Waals surface area contributed by atoms with Crippen molar-refractivity contribution in [3.63, 3.8) is 0 Å². The summed E-state index contributed by atoms with van der Waals surface area (Å²) in [5.41, 5.74) is 1.91. The third kappa shape index (κ3) is 3.21. The molecular formula is C14H22N2O2. The summed E-state index contributed by atoms with van der Waals surface area (Å²) in [5, 5.41) is 9.23. The highest BCUT2D eigenvalue weighted by atomic mass is 16.5. The molecule has 1 fully saturated rings. The smallest absolute Gasteiger partial charge is 0.129 e. The molecule has 1 aromatic heterocycles. The predicted octanol–water partition coefficient (Wildman–Crippen LogP) is 1.75. The van der Waals surface area contributed by atoms with Gasteiger partial charge in [-0.2, -0.15) is 0 Å². The molecule has 1 saturated heterocycles. The van der Waals surface area contributed by atoms with Gasteiger partial charge in [0.1, 0.15) is 5.82 Å². The average Bonchev–Trinajstić information content (AvgIpc) is 2.39. The summed E-state index contributed by atoms with van der Waals surface area (Å²) in [6.07, 6.45) is 2.30. The Morgan fingerprint density at radius 1 is 1.39 bits per heavy atom. The van der Waals surface area contributed by atoms with Crippen LogP contribution in [0, 0.1) is 12.8 Å². The normalized spacial score (nSPS) is 17.2. The number of ether oxygens (including phenoxy) is 1. The van der Waals surface area contributed by atoms with Crippen LogP contribution in [0.5, 0.6) is 0 Å². The van der Waals surface area contributed by atoms with E-state index in [-0.39, 0.29) is 6.61 Å². The topological polar surface area (TPSA) is 45.6 Å². The van der Waals surface area contributed by atoms with Crippen molar-refractivity contribution in [2.45, 2.75) is 26.4 Å². The lowest BCUT2D eigenvalue weighted by atomic mass is 9.98. The van der Waals surface area contributed by atoms with Gasteiger partial charge in [0.2, 0.25) is 0 Å². The molecule has 0 amide bonds. The summed E-state index contributed by atoms with van der Waals surface area (Å²) in [4.78, 5) is 6.86.